The van der Waals surface area contributed by atoms with Gasteiger partial charge in [0.15, 0.2) is 0 Å². The second-order valence-electron chi connectivity index (χ2n) is 5.16. The van der Waals surface area contributed by atoms with Gasteiger partial charge in [-0.3, -0.25) is 0 Å². The number of benzene rings is 1. The lowest BCUT2D eigenvalue weighted by Gasteiger charge is -2.20. The molecule has 0 spiro atoms. The standard InChI is InChI=1S/C14H14ClNO/c15-9-1-3-10(4-2-9)16-7-11-12(8-16)14-6-5-13(11)17-14/h1-6,11-14H,7-8H2. The Morgan fingerprint density at radius 3 is 2.18 bits per heavy atom. The van der Waals surface area contributed by atoms with Gasteiger partial charge in [-0.25, -0.2) is 0 Å². The van der Waals surface area contributed by atoms with Crippen LogP contribution in [0.2, 0.25) is 5.02 Å². The Bertz CT molecular complexity index is 450. The molecule has 0 aromatic heterocycles. The first-order chi connectivity index (χ1) is 8.31. The quantitative estimate of drug-likeness (QED) is 0.708. The van der Waals surface area contributed by atoms with Gasteiger partial charge in [0.2, 0.25) is 0 Å². The molecule has 88 valence electrons. The number of hydrogen-bond acceptors (Lipinski definition) is 2. The number of ether oxygens (including phenoxy) is 1. The number of halogens is 1. The maximum atomic E-state index is 5.92. The Balaban J connectivity index is 1.58. The molecule has 1 aromatic rings. The summed E-state index contributed by atoms with van der Waals surface area (Å²) in [4.78, 5) is 2.46. The van der Waals surface area contributed by atoms with Crippen LogP contribution in [0, 0.1) is 11.8 Å². The van der Waals surface area contributed by atoms with Crippen molar-refractivity contribution in [3.05, 3.63) is 41.4 Å². The van der Waals surface area contributed by atoms with Gasteiger partial charge >= 0.3 is 0 Å². The third kappa shape index (κ3) is 1.44. The molecule has 4 unspecified atom stereocenters. The fourth-order valence-corrected chi connectivity index (χ4v) is 3.52. The number of anilines is 1. The van der Waals surface area contributed by atoms with E-state index in [1.54, 1.807) is 0 Å². The smallest absolute Gasteiger partial charge is 0.0814 e. The van der Waals surface area contributed by atoms with E-state index in [9.17, 15) is 0 Å². The highest BCUT2D eigenvalue weighted by Crippen LogP contribution is 2.44. The van der Waals surface area contributed by atoms with E-state index >= 15 is 0 Å². The predicted molar refractivity (Wildman–Crippen MR) is 68.4 cm³/mol. The Morgan fingerprint density at radius 2 is 1.59 bits per heavy atom. The largest absolute Gasteiger partial charge is 0.371 e. The molecule has 3 aliphatic heterocycles. The van der Waals surface area contributed by atoms with Gasteiger partial charge < -0.3 is 9.64 Å². The Kier molecular flexibility index (Phi) is 2.06. The van der Waals surface area contributed by atoms with Crippen molar-refractivity contribution in [1.29, 1.82) is 0 Å². The van der Waals surface area contributed by atoms with E-state index in [0.29, 0.717) is 24.0 Å². The topological polar surface area (TPSA) is 12.5 Å². The molecule has 2 fully saturated rings. The SMILES string of the molecule is Clc1ccc(N2CC3C4C=CC(O4)C3C2)cc1. The zero-order chi connectivity index (χ0) is 11.4. The summed E-state index contributed by atoms with van der Waals surface area (Å²) in [5, 5.41) is 0.804. The van der Waals surface area contributed by atoms with Crippen molar-refractivity contribution in [2.45, 2.75) is 12.2 Å². The summed E-state index contributed by atoms with van der Waals surface area (Å²) in [5.74, 6) is 1.36. The first kappa shape index (κ1) is 9.98. The molecule has 2 bridgehead atoms. The van der Waals surface area contributed by atoms with Crippen molar-refractivity contribution >= 4 is 17.3 Å². The molecule has 4 rings (SSSR count). The molecule has 0 amide bonds. The Morgan fingerprint density at radius 1 is 1.00 bits per heavy atom. The van der Waals surface area contributed by atoms with E-state index in [1.807, 2.05) is 12.1 Å². The summed E-state index contributed by atoms with van der Waals surface area (Å²) in [5.41, 5.74) is 1.28. The molecule has 2 nitrogen and oxygen atoms in total. The summed E-state index contributed by atoms with van der Waals surface area (Å²) >= 11 is 5.92. The lowest BCUT2D eigenvalue weighted by Crippen LogP contribution is -2.24. The lowest BCUT2D eigenvalue weighted by atomic mass is 9.86. The number of fused-ring (bicyclic) bond motifs is 5. The molecular weight excluding hydrogens is 234 g/mol. The van der Waals surface area contributed by atoms with Crippen LogP contribution in [-0.2, 0) is 4.74 Å². The monoisotopic (exact) mass is 247 g/mol. The second kappa shape index (κ2) is 3.50. The van der Waals surface area contributed by atoms with E-state index < -0.39 is 0 Å². The highest BCUT2D eigenvalue weighted by molar-refractivity contribution is 6.30. The molecule has 3 heteroatoms. The third-order valence-electron chi connectivity index (χ3n) is 4.25. The molecule has 0 radical (unpaired) electrons. The van der Waals surface area contributed by atoms with Gasteiger partial charge in [-0.1, -0.05) is 23.8 Å². The molecule has 0 saturated carbocycles. The average Bonchev–Trinajstić information content (AvgIpc) is 3.02. The number of nitrogens with zero attached hydrogens (tertiary/aromatic N) is 1. The van der Waals surface area contributed by atoms with Gasteiger partial charge in [-0.05, 0) is 24.3 Å². The first-order valence-electron chi connectivity index (χ1n) is 6.15. The zero-order valence-electron chi connectivity index (χ0n) is 9.42. The minimum atomic E-state index is 0.363. The van der Waals surface area contributed by atoms with Gasteiger partial charge in [-0.2, -0.15) is 0 Å². The van der Waals surface area contributed by atoms with Crippen LogP contribution in [0.25, 0.3) is 0 Å². The Labute approximate surface area is 106 Å². The summed E-state index contributed by atoms with van der Waals surface area (Å²) in [6.07, 6.45) is 5.19. The molecule has 0 aliphatic carbocycles. The highest BCUT2D eigenvalue weighted by atomic mass is 35.5. The maximum Gasteiger partial charge on any atom is 0.0814 e. The van der Waals surface area contributed by atoms with Crippen LogP contribution in [0.4, 0.5) is 5.69 Å². The molecule has 2 saturated heterocycles. The lowest BCUT2D eigenvalue weighted by molar-refractivity contribution is 0.100. The fourth-order valence-electron chi connectivity index (χ4n) is 3.39. The van der Waals surface area contributed by atoms with Crippen LogP contribution < -0.4 is 4.90 Å². The molecule has 1 aromatic carbocycles. The van der Waals surface area contributed by atoms with Gasteiger partial charge in [0, 0.05) is 35.6 Å². The van der Waals surface area contributed by atoms with Crippen LogP contribution >= 0.6 is 11.6 Å². The molecule has 3 aliphatic rings. The van der Waals surface area contributed by atoms with Crippen molar-refractivity contribution < 1.29 is 4.74 Å². The van der Waals surface area contributed by atoms with Crippen LogP contribution in [0.1, 0.15) is 0 Å². The minimum Gasteiger partial charge on any atom is -0.371 e. The van der Waals surface area contributed by atoms with Crippen LogP contribution in [0.15, 0.2) is 36.4 Å². The molecule has 3 heterocycles. The van der Waals surface area contributed by atoms with Crippen molar-refractivity contribution in [2.24, 2.45) is 11.8 Å². The normalized spacial score (nSPS) is 37.8. The van der Waals surface area contributed by atoms with E-state index in [4.69, 9.17) is 16.3 Å². The average molecular weight is 248 g/mol. The molecule has 4 atom stereocenters. The number of rotatable bonds is 1. The summed E-state index contributed by atoms with van der Waals surface area (Å²) < 4.78 is 5.88. The van der Waals surface area contributed by atoms with Gasteiger partial charge in [0.1, 0.15) is 0 Å². The first-order valence-corrected chi connectivity index (χ1v) is 6.53. The number of hydrogen-bond donors (Lipinski definition) is 0. The van der Waals surface area contributed by atoms with Crippen molar-refractivity contribution in [3.8, 4) is 0 Å². The van der Waals surface area contributed by atoms with Crippen molar-refractivity contribution in [2.75, 3.05) is 18.0 Å². The van der Waals surface area contributed by atoms with E-state index in [1.165, 1.54) is 5.69 Å². The second-order valence-corrected chi connectivity index (χ2v) is 5.60. The van der Waals surface area contributed by atoms with Crippen molar-refractivity contribution in [1.82, 2.24) is 0 Å². The van der Waals surface area contributed by atoms with Crippen LogP contribution in [0.3, 0.4) is 0 Å². The van der Waals surface area contributed by atoms with Crippen LogP contribution in [0.5, 0.6) is 0 Å². The molecular formula is C14H14ClNO. The zero-order valence-corrected chi connectivity index (χ0v) is 10.2. The minimum absolute atomic E-state index is 0.363. The van der Waals surface area contributed by atoms with Gasteiger partial charge in [0.25, 0.3) is 0 Å². The molecule has 0 N–H and O–H groups in total. The maximum absolute atomic E-state index is 5.92. The van der Waals surface area contributed by atoms with E-state index in [2.05, 4.69) is 29.2 Å². The predicted octanol–water partition coefficient (Wildman–Crippen LogP) is 2.73. The summed E-state index contributed by atoms with van der Waals surface area (Å²) in [6.45, 7) is 2.22. The summed E-state index contributed by atoms with van der Waals surface area (Å²) in [6, 6.07) is 8.15. The molecule has 17 heavy (non-hydrogen) atoms. The van der Waals surface area contributed by atoms with Gasteiger partial charge in [-0.15, -0.1) is 0 Å². The van der Waals surface area contributed by atoms with E-state index in [-0.39, 0.29) is 0 Å². The van der Waals surface area contributed by atoms with Crippen LogP contribution in [-0.4, -0.2) is 25.3 Å². The summed E-state index contributed by atoms with van der Waals surface area (Å²) in [7, 11) is 0. The van der Waals surface area contributed by atoms with Crippen molar-refractivity contribution in [3.63, 3.8) is 0 Å². The highest BCUT2D eigenvalue weighted by Gasteiger charge is 2.50. The van der Waals surface area contributed by atoms with E-state index in [0.717, 1.165) is 18.1 Å². The third-order valence-corrected chi connectivity index (χ3v) is 4.50. The van der Waals surface area contributed by atoms with Gasteiger partial charge in [0.05, 0.1) is 12.2 Å². The fraction of sp³-hybridized carbons (Fsp3) is 0.429. The Hall–Kier alpha value is -0.990.